The Hall–Kier alpha value is -2.50. The predicted molar refractivity (Wildman–Crippen MR) is 65.0 cm³/mol. The van der Waals surface area contributed by atoms with Crippen molar-refractivity contribution in [1.82, 2.24) is 10.2 Å². The van der Waals surface area contributed by atoms with Crippen LogP contribution in [0.25, 0.3) is 0 Å². The Morgan fingerprint density at radius 1 is 1.11 bits per heavy atom. The van der Waals surface area contributed by atoms with Gasteiger partial charge in [-0.25, -0.2) is 4.39 Å². The van der Waals surface area contributed by atoms with Gasteiger partial charge >= 0.3 is 0 Å². The highest BCUT2D eigenvalue weighted by atomic mass is 19.1. The standard InChI is InChI=1S/C13H11FN2O3/c1-18-8-3-4-9(10(14)7-8)13(17)11-5-6-12(19-2)16-15-11/h3-7H,1-2H3. The molecule has 0 aliphatic carbocycles. The van der Waals surface area contributed by atoms with E-state index in [0.29, 0.717) is 5.75 Å². The minimum atomic E-state index is -0.665. The van der Waals surface area contributed by atoms with Gasteiger partial charge in [0.15, 0.2) is 0 Å². The zero-order chi connectivity index (χ0) is 13.8. The van der Waals surface area contributed by atoms with Crippen LogP contribution in [0.1, 0.15) is 16.1 Å². The molecule has 0 radical (unpaired) electrons. The van der Waals surface area contributed by atoms with Gasteiger partial charge in [0.2, 0.25) is 11.7 Å². The third-order valence-electron chi connectivity index (χ3n) is 2.50. The maximum atomic E-state index is 13.7. The Morgan fingerprint density at radius 2 is 1.89 bits per heavy atom. The highest BCUT2D eigenvalue weighted by molar-refractivity contribution is 6.07. The van der Waals surface area contributed by atoms with Crippen LogP contribution in [0.15, 0.2) is 30.3 Å². The van der Waals surface area contributed by atoms with E-state index in [1.807, 2.05) is 0 Å². The Kier molecular flexibility index (Phi) is 3.70. The smallest absolute Gasteiger partial charge is 0.233 e. The summed E-state index contributed by atoms with van der Waals surface area (Å²) in [4.78, 5) is 12.0. The van der Waals surface area contributed by atoms with E-state index in [2.05, 4.69) is 10.2 Å². The van der Waals surface area contributed by atoms with E-state index in [9.17, 15) is 9.18 Å². The van der Waals surface area contributed by atoms with Crippen molar-refractivity contribution in [2.45, 2.75) is 0 Å². The second kappa shape index (κ2) is 5.43. The van der Waals surface area contributed by atoms with Crippen molar-refractivity contribution >= 4 is 5.78 Å². The van der Waals surface area contributed by atoms with E-state index in [1.54, 1.807) is 0 Å². The highest BCUT2D eigenvalue weighted by Crippen LogP contribution is 2.18. The number of nitrogens with zero attached hydrogens (tertiary/aromatic N) is 2. The molecule has 0 fully saturated rings. The first-order valence-corrected chi connectivity index (χ1v) is 5.41. The molecular formula is C13H11FN2O3. The first-order chi connectivity index (χ1) is 9.15. The summed E-state index contributed by atoms with van der Waals surface area (Å²) in [6.45, 7) is 0. The first kappa shape index (κ1) is 12.9. The lowest BCUT2D eigenvalue weighted by molar-refractivity contribution is 0.102. The van der Waals surface area contributed by atoms with Gasteiger partial charge in [-0.15, -0.1) is 10.2 Å². The van der Waals surface area contributed by atoms with Gasteiger partial charge in [-0.2, -0.15) is 0 Å². The zero-order valence-electron chi connectivity index (χ0n) is 10.4. The van der Waals surface area contributed by atoms with Crippen molar-refractivity contribution in [2.24, 2.45) is 0 Å². The number of benzene rings is 1. The van der Waals surface area contributed by atoms with E-state index in [4.69, 9.17) is 9.47 Å². The van der Waals surface area contributed by atoms with E-state index < -0.39 is 11.6 Å². The Balaban J connectivity index is 2.32. The lowest BCUT2D eigenvalue weighted by Crippen LogP contribution is -2.08. The van der Waals surface area contributed by atoms with Crippen molar-refractivity contribution in [3.63, 3.8) is 0 Å². The molecule has 0 atom stereocenters. The summed E-state index contributed by atoms with van der Waals surface area (Å²) < 4.78 is 23.4. The van der Waals surface area contributed by atoms with Gasteiger partial charge in [0.25, 0.3) is 0 Å². The predicted octanol–water partition coefficient (Wildman–Crippen LogP) is 1.86. The maximum absolute atomic E-state index is 13.7. The van der Waals surface area contributed by atoms with Crippen LogP contribution in [0, 0.1) is 5.82 Å². The van der Waals surface area contributed by atoms with Crippen LogP contribution in [0.2, 0.25) is 0 Å². The van der Waals surface area contributed by atoms with Gasteiger partial charge in [0.05, 0.1) is 19.8 Å². The van der Waals surface area contributed by atoms with Crippen molar-refractivity contribution < 1.29 is 18.7 Å². The largest absolute Gasteiger partial charge is 0.497 e. The van der Waals surface area contributed by atoms with E-state index >= 15 is 0 Å². The van der Waals surface area contributed by atoms with Crippen molar-refractivity contribution in [3.8, 4) is 11.6 Å². The summed E-state index contributed by atoms with van der Waals surface area (Å²) >= 11 is 0. The molecule has 0 N–H and O–H groups in total. The summed E-state index contributed by atoms with van der Waals surface area (Å²) in [6.07, 6.45) is 0. The number of carbonyl (C=O) groups excluding carboxylic acids is 1. The number of hydrogen-bond acceptors (Lipinski definition) is 5. The molecule has 6 heteroatoms. The third-order valence-corrected chi connectivity index (χ3v) is 2.50. The molecule has 19 heavy (non-hydrogen) atoms. The second-order valence-electron chi connectivity index (χ2n) is 3.64. The topological polar surface area (TPSA) is 61.3 Å². The Labute approximate surface area is 109 Å². The number of halogens is 1. The summed E-state index contributed by atoms with van der Waals surface area (Å²) in [6, 6.07) is 6.92. The molecular weight excluding hydrogens is 251 g/mol. The molecule has 1 aromatic carbocycles. The number of methoxy groups -OCH3 is 2. The van der Waals surface area contributed by atoms with Gasteiger partial charge in [-0.05, 0) is 18.2 Å². The minimum Gasteiger partial charge on any atom is -0.497 e. The van der Waals surface area contributed by atoms with Gasteiger partial charge in [-0.1, -0.05) is 0 Å². The number of rotatable bonds is 4. The molecule has 0 spiro atoms. The number of aromatic nitrogens is 2. The van der Waals surface area contributed by atoms with Crippen molar-refractivity contribution in [1.29, 1.82) is 0 Å². The molecule has 0 aliphatic heterocycles. The van der Waals surface area contributed by atoms with E-state index in [0.717, 1.165) is 6.07 Å². The fourth-order valence-electron chi connectivity index (χ4n) is 1.49. The summed E-state index contributed by atoms with van der Waals surface area (Å²) in [5.41, 5.74) is -0.0369. The molecule has 98 valence electrons. The molecule has 1 aromatic heterocycles. The molecule has 0 saturated carbocycles. The Morgan fingerprint density at radius 3 is 2.42 bits per heavy atom. The molecule has 0 aliphatic rings. The number of ketones is 1. The molecule has 5 nitrogen and oxygen atoms in total. The number of carbonyl (C=O) groups is 1. The summed E-state index contributed by atoms with van der Waals surface area (Å²) in [5.74, 6) is -0.584. The monoisotopic (exact) mass is 262 g/mol. The summed E-state index contributed by atoms with van der Waals surface area (Å²) in [5, 5.41) is 7.35. The first-order valence-electron chi connectivity index (χ1n) is 5.41. The van der Waals surface area contributed by atoms with Crippen LogP contribution in [0.3, 0.4) is 0 Å². The third kappa shape index (κ3) is 2.67. The maximum Gasteiger partial charge on any atom is 0.233 e. The van der Waals surface area contributed by atoms with Crippen molar-refractivity contribution in [3.05, 3.63) is 47.4 Å². The number of ether oxygens (including phenoxy) is 2. The molecule has 0 bridgehead atoms. The molecule has 0 amide bonds. The average Bonchev–Trinajstić information content (AvgIpc) is 2.46. The minimum absolute atomic E-state index is 0.0462. The number of hydrogen-bond donors (Lipinski definition) is 0. The van der Waals surface area contributed by atoms with Gasteiger partial charge in [0, 0.05) is 12.1 Å². The van der Waals surface area contributed by atoms with Crippen LogP contribution in [0.5, 0.6) is 11.6 Å². The van der Waals surface area contributed by atoms with Gasteiger partial charge in [-0.3, -0.25) is 4.79 Å². The molecule has 2 aromatic rings. The van der Waals surface area contributed by atoms with E-state index in [-0.39, 0.29) is 17.1 Å². The van der Waals surface area contributed by atoms with Crippen LogP contribution < -0.4 is 9.47 Å². The van der Waals surface area contributed by atoms with Crippen LogP contribution >= 0.6 is 0 Å². The lowest BCUT2D eigenvalue weighted by Gasteiger charge is -2.04. The van der Waals surface area contributed by atoms with Gasteiger partial charge in [0.1, 0.15) is 17.3 Å². The van der Waals surface area contributed by atoms with Crippen LogP contribution in [-0.4, -0.2) is 30.2 Å². The van der Waals surface area contributed by atoms with Crippen LogP contribution in [-0.2, 0) is 0 Å². The molecule has 0 unspecified atom stereocenters. The average molecular weight is 262 g/mol. The second-order valence-corrected chi connectivity index (χ2v) is 3.64. The lowest BCUT2D eigenvalue weighted by atomic mass is 10.1. The molecule has 0 saturated heterocycles. The fourth-order valence-corrected chi connectivity index (χ4v) is 1.49. The quantitative estimate of drug-likeness (QED) is 0.787. The Bertz CT molecular complexity index is 599. The fraction of sp³-hybridized carbons (Fsp3) is 0.154. The highest BCUT2D eigenvalue weighted by Gasteiger charge is 2.16. The SMILES string of the molecule is COc1ccc(C(=O)c2ccc(OC)nn2)c(F)c1. The normalized spacial score (nSPS) is 10.1. The zero-order valence-corrected chi connectivity index (χ0v) is 10.4. The molecule has 2 rings (SSSR count). The molecule has 1 heterocycles. The van der Waals surface area contributed by atoms with Crippen LogP contribution in [0.4, 0.5) is 4.39 Å². The van der Waals surface area contributed by atoms with E-state index in [1.165, 1.54) is 38.5 Å². The van der Waals surface area contributed by atoms with Gasteiger partial charge < -0.3 is 9.47 Å². The summed E-state index contributed by atoms with van der Waals surface area (Å²) in [7, 11) is 2.86. The van der Waals surface area contributed by atoms with Crippen molar-refractivity contribution in [2.75, 3.05) is 14.2 Å².